The lowest BCUT2D eigenvalue weighted by Gasteiger charge is -2.33. The van der Waals surface area contributed by atoms with E-state index in [4.69, 9.17) is 0 Å². The summed E-state index contributed by atoms with van der Waals surface area (Å²) in [5.41, 5.74) is 0.234. The molecule has 10 heteroatoms. The average Bonchev–Trinajstić information content (AvgIpc) is 3.16. The van der Waals surface area contributed by atoms with Gasteiger partial charge in [-0.1, -0.05) is 26.2 Å². The minimum atomic E-state index is -1.35. The van der Waals surface area contributed by atoms with Gasteiger partial charge in [0, 0.05) is 38.7 Å². The van der Waals surface area contributed by atoms with E-state index in [9.17, 15) is 28.3 Å². The van der Waals surface area contributed by atoms with E-state index in [2.05, 4.69) is 22.9 Å². The molecule has 188 valence electrons. The molecule has 0 aliphatic carbocycles. The first-order valence-electron chi connectivity index (χ1n) is 12.0. The molecule has 0 spiro atoms. The third-order valence-electron chi connectivity index (χ3n) is 6.40. The molecule has 0 aromatic heterocycles. The summed E-state index contributed by atoms with van der Waals surface area (Å²) in [4.78, 5) is 39.4. The van der Waals surface area contributed by atoms with Crippen molar-refractivity contribution >= 4 is 17.7 Å². The second kappa shape index (κ2) is 12.2. The Kier molecular flexibility index (Phi) is 9.35. The number of aliphatic hydroxyl groups is 1. The predicted octanol–water partition coefficient (Wildman–Crippen LogP) is 0.870. The van der Waals surface area contributed by atoms with E-state index < -0.39 is 47.6 Å². The third kappa shape index (κ3) is 6.96. The molecular weight excluding hydrogens is 446 g/mol. The topological polar surface area (TPSA) is 111 Å². The number of likely N-dealkylation sites (tertiary alicyclic amines) is 1. The molecule has 2 aliphatic heterocycles. The fraction of sp³-hybridized carbons (Fsp3) is 0.625. The first-order valence-corrected chi connectivity index (χ1v) is 12.0. The largest absolute Gasteiger partial charge is 0.389 e. The summed E-state index contributed by atoms with van der Waals surface area (Å²) in [7, 11) is 0. The average molecular weight is 481 g/mol. The fourth-order valence-electron chi connectivity index (χ4n) is 4.56. The molecule has 2 fully saturated rings. The number of amides is 3. The predicted molar refractivity (Wildman–Crippen MR) is 122 cm³/mol. The molecular formula is C24H34F2N4O4. The number of halogens is 2. The van der Waals surface area contributed by atoms with Crippen LogP contribution in [0.1, 0.15) is 44.6 Å². The van der Waals surface area contributed by atoms with Crippen molar-refractivity contribution in [2.45, 2.75) is 63.6 Å². The zero-order valence-electron chi connectivity index (χ0n) is 19.5. The van der Waals surface area contributed by atoms with Gasteiger partial charge in [-0.05, 0) is 30.5 Å². The second-order valence-corrected chi connectivity index (χ2v) is 9.11. The van der Waals surface area contributed by atoms with Gasteiger partial charge in [-0.2, -0.15) is 0 Å². The van der Waals surface area contributed by atoms with Crippen LogP contribution in [0.2, 0.25) is 0 Å². The number of nitrogens with zero attached hydrogens (tertiary/aromatic N) is 1. The molecule has 34 heavy (non-hydrogen) atoms. The number of aliphatic hydroxyl groups excluding tert-OH is 1. The zero-order chi connectivity index (χ0) is 24.7. The SMILES string of the molecule is CCCCCCN1CC(C(=O)N[C@@H](Cc2cc(F)cc(F)c2)[C@H](O)[C@@H]2NCCNC2=O)CC1=O. The standard InChI is InChI=1S/C24H34F2N4O4/c1-2-3-4-5-8-30-14-16(12-20(30)31)23(33)29-19(11-15-9-17(25)13-18(26)10-15)22(32)21-24(34)28-7-6-27-21/h9-10,13,16,19,21-22,27,32H,2-8,11-12,14H2,1H3,(H,28,34)(H,29,33)/t16?,19-,21-,22-/m0/s1. The van der Waals surface area contributed by atoms with Crippen LogP contribution in [0.3, 0.4) is 0 Å². The first kappa shape index (κ1) is 26.0. The van der Waals surface area contributed by atoms with Crippen molar-refractivity contribution in [2.75, 3.05) is 26.2 Å². The van der Waals surface area contributed by atoms with Gasteiger partial charge in [-0.3, -0.25) is 14.4 Å². The molecule has 8 nitrogen and oxygen atoms in total. The van der Waals surface area contributed by atoms with Gasteiger partial charge in [0.05, 0.1) is 18.1 Å². The van der Waals surface area contributed by atoms with Gasteiger partial charge in [0.2, 0.25) is 17.7 Å². The molecule has 2 heterocycles. The number of benzene rings is 1. The van der Waals surface area contributed by atoms with Gasteiger partial charge in [0.25, 0.3) is 0 Å². The van der Waals surface area contributed by atoms with Crippen LogP contribution in [-0.2, 0) is 20.8 Å². The van der Waals surface area contributed by atoms with Crippen LogP contribution < -0.4 is 16.0 Å². The van der Waals surface area contributed by atoms with Gasteiger partial charge < -0.3 is 26.0 Å². The Hall–Kier alpha value is -2.59. The lowest BCUT2D eigenvalue weighted by Crippen LogP contribution is -2.63. The Bertz CT molecular complexity index is 864. The van der Waals surface area contributed by atoms with E-state index in [1.807, 2.05) is 0 Å². The minimum absolute atomic E-state index is 0.0686. The number of nitrogens with one attached hydrogen (secondary N) is 3. The summed E-state index contributed by atoms with van der Waals surface area (Å²) in [6, 6.07) is 1.01. The number of hydrogen-bond acceptors (Lipinski definition) is 5. The Labute approximate surface area is 198 Å². The molecule has 1 aromatic rings. The van der Waals surface area contributed by atoms with Crippen molar-refractivity contribution in [2.24, 2.45) is 5.92 Å². The van der Waals surface area contributed by atoms with Crippen molar-refractivity contribution in [3.63, 3.8) is 0 Å². The quantitative estimate of drug-likeness (QED) is 0.352. The van der Waals surface area contributed by atoms with Crippen LogP contribution in [0.15, 0.2) is 18.2 Å². The van der Waals surface area contributed by atoms with Crippen molar-refractivity contribution < 1.29 is 28.3 Å². The van der Waals surface area contributed by atoms with Crippen LogP contribution in [0.25, 0.3) is 0 Å². The Balaban J connectivity index is 1.69. The van der Waals surface area contributed by atoms with E-state index in [0.717, 1.165) is 43.9 Å². The first-order chi connectivity index (χ1) is 16.3. The number of rotatable bonds is 11. The third-order valence-corrected chi connectivity index (χ3v) is 6.40. The van der Waals surface area contributed by atoms with E-state index in [1.165, 1.54) is 0 Å². The van der Waals surface area contributed by atoms with Crippen LogP contribution >= 0.6 is 0 Å². The number of piperazine rings is 1. The molecule has 0 bridgehead atoms. The Morgan fingerprint density at radius 2 is 1.91 bits per heavy atom. The summed E-state index contributed by atoms with van der Waals surface area (Å²) >= 11 is 0. The number of unbranched alkanes of at least 4 members (excludes halogenated alkanes) is 3. The highest BCUT2D eigenvalue weighted by molar-refractivity contribution is 5.89. The summed E-state index contributed by atoms with van der Waals surface area (Å²) in [5, 5.41) is 19.3. The van der Waals surface area contributed by atoms with Crippen molar-refractivity contribution in [3.8, 4) is 0 Å². The molecule has 0 radical (unpaired) electrons. The minimum Gasteiger partial charge on any atom is -0.389 e. The molecule has 1 unspecified atom stereocenters. The Morgan fingerprint density at radius 3 is 2.59 bits per heavy atom. The molecule has 4 atom stereocenters. The molecule has 2 saturated heterocycles. The van der Waals surface area contributed by atoms with Gasteiger partial charge >= 0.3 is 0 Å². The highest BCUT2D eigenvalue weighted by Gasteiger charge is 2.39. The monoisotopic (exact) mass is 480 g/mol. The fourth-order valence-corrected chi connectivity index (χ4v) is 4.56. The molecule has 2 aliphatic rings. The van der Waals surface area contributed by atoms with Gasteiger partial charge in [-0.15, -0.1) is 0 Å². The molecule has 4 N–H and O–H groups in total. The number of carbonyl (C=O) groups excluding carboxylic acids is 3. The maximum Gasteiger partial charge on any atom is 0.239 e. The molecule has 3 amide bonds. The smallest absolute Gasteiger partial charge is 0.239 e. The lowest BCUT2D eigenvalue weighted by molar-refractivity contribution is -0.131. The number of hydrogen-bond donors (Lipinski definition) is 4. The van der Waals surface area contributed by atoms with E-state index in [-0.39, 0.29) is 30.9 Å². The number of carbonyl (C=O) groups is 3. The van der Waals surface area contributed by atoms with E-state index in [0.29, 0.717) is 19.6 Å². The highest BCUT2D eigenvalue weighted by Crippen LogP contribution is 2.20. The van der Waals surface area contributed by atoms with Crippen LogP contribution in [0, 0.1) is 17.6 Å². The lowest BCUT2D eigenvalue weighted by atomic mass is 9.94. The van der Waals surface area contributed by atoms with E-state index >= 15 is 0 Å². The summed E-state index contributed by atoms with van der Waals surface area (Å²) < 4.78 is 27.5. The van der Waals surface area contributed by atoms with Crippen molar-refractivity contribution in [1.29, 1.82) is 0 Å². The summed E-state index contributed by atoms with van der Waals surface area (Å²) in [6.07, 6.45) is 2.71. The molecule has 3 rings (SSSR count). The van der Waals surface area contributed by atoms with Crippen molar-refractivity contribution in [3.05, 3.63) is 35.4 Å². The van der Waals surface area contributed by atoms with Crippen LogP contribution in [0.4, 0.5) is 8.78 Å². The van der Waals surface area contributed by atoms with Crippen LogP contribution in [0.5, 0.6) is 0 Å². The normalized spacial score (nSPS) is 22.4. The highest BCUT2D eigenvalue weighted by atomic mass is 19.1. The summed E-state index contributed by atoms with van der Waals surface area (Å²) in [6.45, 7) is 3.84. The summed E-state index contributed by atoms with van der Waals surface area (Å²) in [5.74, 6) is -3.08. The molecule has 0 saturated carbocycles. The second-order valence-electron chi connectivity index (χ2n) is 9.11. The zero-order valence-corrected chi connectivity index (χ0v) is 19.5. The van der Waals surface area contributed by atoms with Crippen molar-refractivity contribution in [1.82, 2.24) is 20.9 Å². The van der Waals surface area contributed by atoms with Gasteiger partial charge in [-0.25, -0.2) is 8.78 Å². The maximum atomic E-state index is 13.7. The van der Waals surface area contributed by atoms with Crippen LogP contribution in [-0.4, -0.2) is 72.1 Å². The van der Waals surface area contributed by atoms with E-state index in [1.54, 1.807) is 4.90 Å². The Morgan fingerprint density at radius 1 is 1.18 bits per heavy atom. The molecule has 1 aromatic carbocycles. The van der Waals surface area contributed by atoms with Gasteiger partial charge in [0.1, 0.15) is 17.7 Å². The maximum absolute atomic E-state index is 13.7. The van der Waals surface area contributed by atoms with Gasteiger partial charge in [0.15, 0.2) is 0 Å².